The number of fused-ring (bicyclic) bond motifs is 1. The maximum absolute atomic E-state index is 11.5. The van der Waals surface area contributed by atoms with Crippen LogP contribution in [-0.4, -0.2) is 23.6 Å². The number of halogens is 1. The molecule has 0 spiro atoms. The van der Waals surface area contributed by atoms with Crippen molar-refractivity contribution in [1.82, 2.24) is 8.96 Å². The highest BCUT2D eigenvalue weighted by molar-refractivity contribution is 9.10. The van der Waals surface area contributed by atoms with E-state index in [9.17, 15) is 8.42 Å². The number of sulfonamides is 1. The molecule has 2 N–H and O–H groups in total. The topological polar surface area (TPSA) is 78.0 Å². The van der Waals surface area contributed by atoms with Crippen LogP contribution in [0.3, 0.4) is 0 Å². The Hall–Kier alpha value is -1.35. The molecule has 3 rings (SSSR count). The minimum absolute atomic E-state index is 0.0925. The number of hydrogen-bond acceptors (Lipinski definition) is 4. The van der Waals surface area contributed by atoms with Crippen molar-refractivity contribution >= 4 is 48.9 Å². The summed E-state index contributed by atoms with van der Waals surface area (Å²) >= 11 is 5.01. The van der Waals surface area contributed by atoms with Crippen LogP contribution in [0.15, 0.2) is 52.0 Å². The SMILES string of the molecule is CSn1c(-c2cccc(S(N)(=O)=O)c2)cc2c(Br)ccnc21. The summed E-state index contributed by atoms with van der Waals surface area (Å²) < 4.78 is 26.0. The third-order valence-corrected chi connectivity index (χ3v) is 5.59. The summed E-state index contributed by atoms with van der Waals surface area (Å²) in [5.74, 6) is 0. The first-order valence-corrected chi connectivity index (χ1v) is 9.77. The van der Waals surface area contributed by atoms with E-state index in [1.807, 2.05) is 28.4 Å². The van der Waals surface area contributed by atoms with Crippen LogP contribution in [0.4, 0.5) is 0 Å². The Labute approximate surface area is 140 Å². The van der Waals surface area contributed by atoms with E-state index in [2.05, 4.69) is 20.9 Å². The Balaban J connectivity index is 2.29. The molecular weight excluding hydrogens is 386 g/mol. The molecule has 0 unspecified atom stereocenters. The predicted octanol–water partition coefficient (Wildman–Crippen LogP) is 3.24. The van der Waals surface area contributed by atoms with Gasteiger partial charge in [-0.15, -0.1) is 0 Å². The lowest BCUT2D eigenvalue weighted by atomic mass is 10.1. The normalized spacial score (nSPS) is 12.0. The molecule has 8 heteroatoms. The molecule has 2 aromatic heterocycles. The second kappa shape index (κ2) is 5.69. The second-order valence-electron chi connectivity index (χ2n) is 4.61. The highest BCUT2D eigenvalue weighted by Crippen LogP contribution is 2.34. The van der Waals surface area contributed by atoms with Crippen molar-refractivity contribution in [2.75, 3.05) is 6.26 Å². The molecule has 0 fully saturated rings. The van der Waals surface area contributed by atoms with Crippen LogP contribution in [0.1, 0.15) is 0 Å². The molecule has 0 atom stereocenters. The highest BCUT2D eigenvalue weighted by Gasteiger charge is 2.15. The van der Waals surface area contributed by atoms with Gasteiger partial charge in [0.25, 0.3) is 0 Å². The van der Waals surface area contributed by atoms with E-state index >= 15 is 0 Å². The molecule has 2 heterocycles. The second-order valence-corrected chi connectivity index (χ2v) is 7.76. The summed E-state index contributed by atoms with van der Waals surface area (Å²) in [5, 5.41) is 6.18. The third-order valence-electron chi connectivity index (χ3n) is 3.25. The first kappa shape index (κ1) is 15.5. The van der Waals surface area contributed by atoms with E-state index in [0.29, 0.717) is 0 Å². The fraction of sp³-hybridized carbons (Fsp3) is 0.0714. The van der Waals surface area contributed by atoms with Crippen LogP contribution < -0.4 is 5.14 Å². The molecule has 0 amide bonds. The fourth-order valence-corrected chi connectivity index (χ4v) is 3.90. The average Bonchev–Trinajstić information content (AvgIpc) is 2.86. The summed E-state index contributed by atoms with van der Waals surface area (Å²) in [6, 6.07) is 10.4. The standard InChI is InChI=1S/C14H12BrN3O2S2/c1-21-18-13(8-11-12(15)5-6-17-14(11)18)9-3-2-4-10(7-9)22(16,19)20/h2-8H,1H3,(H2,16,19,20). The summed E-state index contributed by atoms with van der Waals surface area (Å²) in [4.78, 5) is 4.49. The van der Waals surface area contributed by atoms with Gasteiger partial charge in [0.1, 0.15) is 0 Å². The third kappa shape index (κ3) is 2.67. The maximum Gasteiger partial charge on any atom is 0.238 e. The Morgan fingerprint density at radius 3 is 2.73 bits per heavy atom. The Bertz CT molecular complexity index is 967. The van der Waals surface area contributed by atoms with Gasteiger partial charge in [-0.3, -0.25) is 3.97 Å². The summed E-state index contributed by atoms with van der Waals surface area (Å²) in [5.41, 5.74) is 2.45. The van der Waals surface area contributed by atoms with Crippen LogP contribution in [-0.2, 0) is 10.0 Å². The van der Waals surface area contributed by atoms with Crippen LogP contribution in [0, 0.1) is 0 Å². The van der Waals surface area contributed by atoms with E-state index in [-0.39, 0.29) is 4.90 Å². The molecule has 0 aliphatic heterocycles. The smallest absolute Gasteiger partial charge is 0.238 e. The molecule has 0 aliphatic rings. The Morgan fingerprint density at radius 1 is 1.27 bits per heavy atom. The van der Waals surface area contributed by atoms with Crippen molar-refractivity contribution in [3.05, 3.63) is 47.1 Å². The van der Waals surface area contributed by atoms with Gasteiger partial charge in [-0.2, -0.15) is 0 Å². The van der Waals surface area contributed by atoms with Gasteiger partial charge >= 0.3 is 0 Å². The Kier molecular flexibility index (Phi) is 4.02. The number of aromatic nitrogens is 2. The van der Waals surface area contributed by atoms with Crippen molar-refractivity contribution in [3.8, 4) is 11.3 Å². The molecule has 114 valence electrons. The van der Waals surface area contributed by atoms with Gasteiger partial charge < -0.3 is 0 Å². The van der Waals surface area contributed by atoms with Crippen LogP contribution in [0.25, 0.3) is 22.3 Å². The first-order chi connectivity index (χ1) is 10.4. The van der Waals surface area contributed by atoms with E-state index in [1.165, 1.54) is 18.0 Å². The van der Waals surface area contributed by atoms with Crippen molar-refractivity contribution in [1.29, 1.82) is 0 Å². The van der Waals surface area contributed by atoms with Crippen molar-refractivity contribution in [2.24, 2.45) is 5.14 Å². The number of nitrogens with zero attached hydrogens (tertiary/aromatic N) is 2. The summed E-state index contributed by atoms with van der Waals surface area (Å²) in [6.07, 6.45) is 3.67. The van der Waals surface area contributed by atoms with Gasteiger partial charge in [-0.1, -0.05) is 12.1 Å². The number of nitrogens with two attached hydrogens (primary N) is 1. The quantitative estimate of drug-likeness (QED) is 0.735. The predicted molar refractivity (Wildman–Crippen MR) is 93.2 cm³/mol. The molecule has 22 heavy (non-hydrogen) atoms. The average molecular weight is 398 g/mol. The number of rotatable bonds is 3. The minimum Gasteiger partial charge on any atom is -0.267 e. The molecule has 3 aromatic rings. The summed E-state index contributed by atoms with van der Waals surface area (Å²) in [7, 11) is -3.73. The molecule has 1 aromatic carbocycles. The molecule has 0 saturated heterocycles. The van der Waals surface area contributed by atoms with Gasteiger partial charge in [0.05, 0.1) is 10.6 Å². The molecule has 5 nitrogen and oxygen atoms in total. The van der Waals surface area contributed by atoms with Gasteiger partial charge in [-0.05, 0) is 52.1 Å². The first-order valence-electron chi connectivity index (χ1n) is 6.25. The van der Waals surface area contributed by atoms with Crippen LogP contribution in [0.2, 0.25) is 0 Å². The molecule has 0 aliphatic carbocycles. The lowest BCUT2D eigenvalue weighted by Crippen LogP contribution is -2.12. The number of benzene rings is 1. The fourth-order valence-electron chi connectivity index (χ4n) is 2.26. The van der Waals surface area contributed by atoms with Crippen molar-refractivity contribution in [3.63, 3.8) is 0 Å². The Morgan fingerprint density at radius 2 is 2.05 bits per heavy atom. The molecule has 0 bridgehead atoms. The lowest BCUT2D eigenvalue weighted by molar-refractivity contribution is 0.598. The largest absolute Gasteiger partial charge is 0.267 e. The zero-order valence-corrected chi connectivity index (χ0v) is 14.7. The minimum atomic E-state index is -3.73. The number of primary sulfonamides is 1. The van der Waals surface area contributed by atoms with E-state index < -0.39 is 10.0 Å². The van der Waals surface area contributed by atoms with Crippen LogP contribution >= 0.6 is 27.9 Å². The van der Waals surface area contributed by atoms with Gasteiger partial charge in [0.15, 0.2) is 5.65 Å². The zero-order valence-electron chi connectivity index (χ0n) is 11.5. The van der Waals surface area contributed by atoms with E-state index in [1.54, 1.807) is 18.3 Å². The number of pyridine rings is 1. The molecular formula is C14H12BrN3O2S2. The summed E-state index contributed by atoms with van der Waals surface area (Å²) in [6.45, 7) is 0. The van der Waals surface area contributed by atoms with Gasteiger partial charge in [0.2, 0.25) is 10.0 Å². The molecule has 0 saturated carbocycles. The zero-order chi connectivity index (χ0) is 15.9. The monoisotopic (exact) mass is 397 g/mol. The van der Waals surface area contributed by atoms with E-state index in [0.717, 1.165) is 26.8 Å². The van der Waals surface area contributed by atoms with Gasteiger partial charge in [-0.25, -0.2) is 18.5 Å². The maximum atomic E-state index is 11.5. The lowest BCUT2D eigenvalue weighted by Gasteiger charge is -2.07. The molecule has 0 radical (unpaired) electrons. The number of hydrogen-bond donors (Lipinski definition) is 1. The van der Waals surface area contributed by atoms with Crippen LogP contribution in [0.5, 0.6) is 0 Å². The van der Waals surface area contributed by atoms with E-state index in [4.69, 9.17) is 5.14 Å². The van der Waals surface area contributed by atoms with Crippen molar-refractivity contribution in [2.45, 2.75) is 4.90 Å². The van der Waals surface area contributed by atoms with Crippen molar-refractivity contribution < 1.29 is 8.42 Å². The van der Waals surface area contributed by atoms with Gasteiger partial charge in [0, 0.05) is 27.9 Å². The highest BCUT2D eigenvalue weighted by atomic mass is 79.9.